The smallest absolute Gasteiger partial charge is 0.146 e. The van der Waals surface area contributed by atoms with Crippen LogP contribution in [0.15, 0.2) is 24.3 Å². The molecule has 0 aromatic heterocycles. The number of rotatable bonds is 5. The summed E-state index contributed by atoms with van der Waals surface area (Å²) in [5.41, 5.74) is 0.683. The lowest BCUT2D eigenvalue weighted by Crippen LogP contribution is -2.37. The fourth-order valence-electron chi connectivity index (χ4n) is 2.47. The van der Waals surface area contributed by atoms with Crippen molar-refractivity contribution >= 4 is 5.69 Å². The fraction of sp³-hybridized carbons (Fsp3) is 0.571. The molecular formula is C14H21FN2O. The Morgan fingerprint density at radius 1 is 1.44 bits per heavy atom. The highest BCUT2D eigenvalue weighted by Crippen LogP contribution is 2.20. The third-order valence-electron chi connectivity index (χ3n) is 3.53. The molecule has 1 fully saturated rings. The van der Waals surface area contributed by atoms with Gasteiger partial charge in [0, 0.05) is 32.8 Å². The van der Waals surface area contributed by atoms with Gasteiger partial charge in [0.05, 0.1) is 11.8 Å². The molecule has 0 bridgehead atoms. The highest BCUT2D eigenvalue weighted by atomic mass is 19.1. The molecule has 18 heavy (non-hydrogen) atoms. The van der Waals surface area contributed by atoms with E-state index >= 15 is 0 Å². The van der Waals surface area contributed by atoms with E-state index in [9.17, 15) is 4.39 Å². The molecule has 0 amide bonds. The molecule has 1 saturated heterocycles. The van der Waals surface area contributed by atoms with Crippen LogP contribution in [-0.2, 0) is 4.74 Å². The van der Waals surface area contributed by atoms with Crippen molar-refractivity contribution in [2.75, 3.05) is 31.6 Å². The zero-order valence-electron chi connectivity index (χ0n) is 11.0. The summed E-state index contributed by atoms with van der Waals surface area (Å²) < 4.78 is 19.1. The molecule has 0 radical (unpaired) electrons. The second kappa shape index (κ2) is 6.16. The van der Waals surface area contributed by atoms with E-state index in [0.717, 1.165) is 26.1 Å². The van der Waals surface area contributed by atoms with Gasteiger partial charge in [0.1, 0.15) is 5.82 Å². The van der Waals surface area contributed by atoms with Gasteiger partial charge in [-0.2, -0.15) is 0 Å². The quantitative estimate of drug-likeness (QED) is 0.868. The molecule has 0 spiro atoms. The SMILES string of the molecule is CCN(CC1CC(OC)CN1)c1ccccc1F. The van der Waals surface area contributed by atoms with Crippen molar-refractivity contribution in [1.82, 2.24) is 5.32 Å². The summed E-state index contributed by atoms with van der Waals surface area (Å²) in [6.45, 7) is 4.55. The van der Waals surface area contributed by atoms with Crippen LogP contribution in [0.1, 0.15) is 13.3 Å². The number of halogens is 1. The predicted octanol–water partition coefficient (Wildman–Crippen LogP) is 2.03. The fourth-order valence-corrected chi connectivity index (χ4v) is 2.47. The number of ether oxygens (including phenoxy) is 1. The van der Waals surface area contributed by atoms with E-state index in [1.165, 1.54) is 6.07 Å². The Labute approximate surface area is 108 Å². The number of benzene rings is 1. The van der Waals surface area contributed by atoms with Crippen LogP contribution in [0.25, 0.3) is 0 Å². The Balaban J connectivity index is 2.00. The van der Waals surface area contributed by atoms with Gasteiger partial charge in [-0.1, -0.05) is 12.1 Å². The number of methoxy groups -OCH3 is 1. The topological polar surface area (TPSA) is 24.5 Å². The molecule has 4 heteroatoms. The van der Waals surface area contributed by atoms with Gasteiger partial charge in [-0.3, -0.25) is 0 Å². The molecule has 2 rings (SSSR count). The lowest BCUT2D eigenvalue weighted by atomic mass is 10.1. The molecule has 2 atom stereocenters. The number of nitrogens with one attached hydrogen (secondary N) is 1. The van der Waals surface area contributed by atoms with Gasteiger partial charge in [-0.05, 0) is 25.5 Å². The van der Waals surface area contributed by atoms with Crippen LogP contribution in [0.5, 0.6) is 0 Å². The normalized spacial score (nSPS) is 23.3. The van der Waals surface area contributed by atoms with E-state index in [-0.39, 0.29) is 11.9 Å². The molecule has 100 valence electrons. The largest absolute Gasteiger partial charge is 0.380 e. The number of hydrogen-bond donors (Lipinski definition) is 1. The number of hydrogen-bond acceptors (Lipinski definition) is 3. The van der Waals surface area contributed by atoms with E-state index in [1.54, 1.807) is 13.2 Å². The van der Waals surface area contributed by atoms with E-state index in [1.807, 2.05) is 12.1 Å². The van der Waals surface area contributed by atoms with Gasteiger partial charge in [0.25, 0.3) is 0 Å². The number of para-hydroxylation sites is 1. The molecule has 2 unspecified atom stereocenters. The van der Waals surface area contributed by atoms with Crippen LogP contribution < -0.4 is 10.2 Å². The van der Waals surface area contributed by atoms with Crippen molar-refractivity contribution in [3.05, 3.63) is 30.1 Å². The minimum Gasteiger partial charge on any atom is -0.380 e. The average molecular weight is 252 g/mol. The van der Waals surface area contributed by atoms with E-state index in [2.05, 4.69) is 17.1 Å². The number of likely N-dealkylation sites (N-methyl/N-ethyl adjacent to an activating group) is 1. The molecule has 1 aromatic carbocycles. The maximum Gasteiger partial charge on any atom is 0.146 e. The van der Waals surface area contributed by atoms with Crippen molar-refractivity contribution in [2.24, 2.45) is 0 Å². The summed E-state index contributed by atoms with van der Waals surface area (Å²) in [5, 5.41) is 3.42. The van der Waals surface area contributed by atoms with Crippen molar-refractivity contribution in [2.45, 2.75) is 25.5 Å². The Hall–Kier alpha value is -1.13. The summed E-state index contributed by atoms with van der Waals surface area (Å²) in [7, 11) is 1.74. The maximum atomic E-state index is 13.8. The van der Waals surface area contributed by atoms with Gasteiger partial charge in [0.2, 0.25) is 0 Å². The van der Waals surface area contributed by atoms with E-state index in [0.29, 0.717) is 11.7 Å². The summed E-state index contributed by atoms with van der Waals surface area (Å²) in [6.07, 6.45) is 1.27. The standard InChI is InChI=1S/C14H21FN2O/c1-3-17(14-7-5-4-6-13(14)15)10-11-8-12(18-2)9-16-11/h4-7,11-12,16H,3,8-10H2,1-2H3. The second-order valence-electron chi connectivity index (χ2n) is 4.69. The van der Waals surface area contributed by atoms with E-state index < -0.39 is 0 Å². The van der Waals surface area contributed by atoms with Crippen LogP contribution in [0.2, 0.25) is 0 Å². The van der Waals surface area contributed by atoms with E-state index in [4.69, 9.17) is 4.74 Å². The highest BCUT2D eigenvalue weighted by molar-refractivity contribution is 5.47. The van der Waals surface area contributed by atoms with Crippen LogP contribution in [0.4, 0.5) is 10.1 Å². The Morgan fingerprint density at radius 3 is 2.83 bits per heavy atom. The van der Waals surface area contributed by atoms with Gasteiger partial charge in [-0.25, -0.2) is 4.39 Å². The summed E-state index contributed by atoms with van der Waals surface area (Å²) in [6, 6.07) is 7.32. The monoisotopic (exact) mass is 252 g/mol. The second-order valence-corrected chi connectivity index (χ2v) is 4.69. The minimum absolute atomic E-state index is 0.152. The predicted molar refractivity (Wildman–Crippen MR) is 71.5 cm³/mol. The minimum atomic E-state index is -0.152. The van der Waals surface area contributed by atoms with Crippen molar-refractivity contribution < 1.29 is 9.13 Å². The number of nitrogens with zero attached hydrogens (tertiary/aromatic N) is 1. The highest BCUT2D eigenvalue weighted by Gasteiger charge is 2.25. The van der Waals surface area contributed by atoms with Crippen LogP contribution in [0, 0.1) is 5.82 Å². The first-order valence-corrected chi connectivity index (χ1v) is 6.50. The van der Waals surface area contributed by atoms with Crippen LogP contribution >= 0.6 is 0 Å². The molecule has 0 saturated carbocycles. The van der Waals surface area contributed by atoms with Gasteiger partial charge >= 0.3 is 0 Å². The summed E-state index contributed by atoms with van der Waals surface area (Å²) in [5.74, 6) is -0.152. The van der Waals surface area contributed by atoms with Crippen molar-refractivity contribution in [3.63, 3.8) is 0 Å². The Morgan fingerprint density at radius 2 is 2.22 bits per heavy atom. The van der Waals surface area contributed by atoms with Crippen molar-refractivity contribution in [3.8, 4) is 0 Å². The van der Waals surface area contributed by atoms with Crippen LogP contribution in [0.3, 0.4) is 0 Å². The van der Waals surface area contributed by atoms with Crippen LogP contribution in [-0.4, -0.2) is 38.9 Å². The third kappa shape index (κ3) is 3.00. The third-order valence-corrected chi connectivity index (χ3v) is 3.53. The lowest BCUT2D eigenvalue weighted by Gasteiger charge is -2.26. The number of anilines is 1. The molecule has 1 heterocycles. The zero-order chi connectivity index (χ0) is 13.0. The molecule has 0 aliphatic carbocycles. The summed E-state index contributed by atoms with van der Waals surface area (Å²) in [4.78, 5) is 2.07. The molecule has 1 aromatic rings. The first-order valence-electron chi connectivity index (χ1n) is 6.50. The first kappa shape index (κ1) is 13.3. The Bertz CT molecular complexity index is 386. The molecule has 1 N–H and O–H groups in total. The zero-order valence-corrected chi connectivity index (χ0v) is 11.0. The Kier molecular flexibility index (Phi) is 4.55. The first-order chi connectivity index (χ1) is 8.74. The molecule has 1 aliphatic rings. The molecule has 1 aliphatic heterocycles. The van der Waals surface area contributed by atoms with Gasteiger partial charge in [0.15, 0.2) is 0 Å². The lowest BCUT2D eigenvalue weighted by molar-refractivity contribution is 0.117. The molecular weight excluding hydrogens is 231 g/mol. The molecule has 3 nitrogen and oxygen atoms in total. The average Bonchev–Trinajstić information content (AvgIpc) is 2.85. The summed E-state index contributed by atoms with van der Waals surface area (Å²) >= 11 is 0. The maximum absolute atomic E-state index is 13.8. The van der Waals surface area contributed by atoms with Crippen molar-refractivity contribution in [1.29, 1.82) is 0 Å². The van der Waals surface area contributed by atoms with Gasteiger partial charge < -0.3 is 15.0 Å². The van der Waals surface area contributed by atoms with Gasteiger partial charge in [-0.15, -0.1) is 0 Å².